The number of rotatable bonds is 5. The van der Waals surface area contributed by atoms with E-state index < -0.39 is 0 Å². The third-order valence-corrected chi connectivity index (χ3v) is 2.88. The molecule has 0 aliphatic heterocycles. The van der Waals surface area contributed by atoms with Crippen LogP contribution in [-0.2, 0) is 13.0 Å². The molecule has 0 unspecified atom stereocenters. The Kier molecular flexibility index (Phi) is 3.06. The minimum absolute atomic E-state index is 0.244. The SMILES string of the molecule is Fc1cccc(Cc2noc(CNC3CC3)n2)c1. The van der Waals surface area contributed by atoms with E-state index in [1.165, 1.54) is 25.0 Å². The summed E-state index contributed by atoms with van der Waals surface area (Å²) in [5.41, 5.74) is 0.845. The predicted molar refractivity (Wildman–Crippen MR) is 63.4 cm³/mol. The smallest absolute Gasteiger partial charge is 0.240 e. The van der Waals surface area contributed by atoms with E-state index >= 15 is 0 Å². The fraction of sp³-hybridized carbons (Fsp3) is 0.385. The Balaban J connectivity index is 1.61. The average molecular weight is 247 g/mol. The Hall–Kier alpha value is -1.75. The van der Waals surface area contributed by atoms with Gasteiger partial charge in [0.05, 0.1) is 6.54 Å². The highest BCUT2D eigenvalue weighted by atomic mass is 19.1. The second-order valence-corrected chi connectivity index (χ2v) is 4.57. The molecule has 0 amide bonds. The van der Waals surface area contributed by atoms with E-state index in [0.29, 0.717) is 30.7 Å². The lowest BCUT2D eigenvalue weighted by molar-refractivity contribution is 0.363. The van der Waals surface area contributed by atoms with Gasteiger partial charge in [-0.3, -0.25) is 0 Å². The lowest BCUT2D eigenvalue weighted by Gasteiger charge is -1.96. The average Bonchev–Trinajstić information content (AvgIpc) is 3.08. The molecular weight excluding hydrogens is 233 g/mol. The second kappa shape index (κ2) is 4.86. The monoisotopic (exact) mass is 247 g/mol. The maximum atomic E-state index is 13.0. The molecule has 0 atom stereocenters. The van der Waals surface area contributed by atoms with E-state index in [-0.39, 0.29) is 5.82 Å². The molecule has 1 fully saturated rings. The molecule has 1 heterocycles. The van der Waals surface area contributed by atoms with Crippen LogP contribution in [0.1, 0.15) is 30.1 Å². The van der Waals surface area contributed by atoms with E-state index in [9.17, 15) is 4.39 Å². The zero-order valence-electron chi connectivity index (χ0n) is 9.90. The van der Waals surface area contributed by atoms with Crippen LogP contribution in [0.3, 0.4) is 0 Å². The number of nitrogens with zero attached hydrogens (tertiary/aromatic N) is 2. The first-order valence-electron chi connectivity index (χ1n) is 6.09. The first kappa shape index (κ1) is 11.3. The van der Waals surface area contributed by atoms with Gasteiger partial charge in [0.1, 0.15) is 5.82 Å². The lowest BCUT2D eigenvalue weighted by Crippen LogP contribution is -2.15. The Morgan fingerprint density at radius 2 is 2.28 bits per heavy atom. The first-order chi connectivity index (χ1) is 8.79. The molecule has 0 spiro atoms. The molecule has 2 aromatic rings. The van der Waals surface area contributed by atoms with Crippen LogP contribution in [0.2, 0.25) is 0 Å². The largest absolute Gasteiger partial charge is 0.338 e. The molecule has 1 aromatic carbocycles. The summed E-state index contributed by atoms with van der Waals surface area (Å²) in [5.74, 6) is 0.938. The van der Waals surface area contributed by atoms with Gasteiger partial charge in [-0.2, -0.15) is 4.98 Å². The van der Waals surface area contributed by atoms with Crippen LogP contribution in [0.4, 0.5) is 4.39 Å². The van der Waals surface area contributed by atoms with Gasteiger partial charge in [0.2, 0.25) is 5.89 Å². The first-order valence-corrected chi connectivity index (χ1v) is 6.09. The summed E-state index contributed by atoms with van der Waals surface area (Å²) in [6, 6.07) is 7.05. The maximum Gasteiger partial charge on any atom is 0.240 e. The third kappa shape index (κ3) is 2.92. The number of hydrogen-bond acceptors (Lipinski definition) is 4. The van der Waals surface area contributed by atoms with E-state index in [1.54, 1.807) is 6.07 Å². The van der Waals surface area contributed by atoms with Gasteiger partial charge in [-0.25, -0.2) is 4.39 Å². The van der Waals surface area contributed by atoms with Crippen LogP contribution in [0.15, 0.2) is 28.8 Å². The molecular formula is C13H14FN3O. The van der Waals surface area contributed by atoms with Crippen molar-refractivity contribution >= 4 is 0 Å². The molecule has 1 saturated carbocycles. The maximum absolute atomic E-state index is 13.0. The van der Waals surface area contributed by atoms with Gasteiger partial charge in [0.15, 0.2) is 5.82 Å². The van der Waals surface area contributed by atoms with E-state index in [2.05, 4.69) is 15.5 Å². The van der Waals surface area contributed by atoms with E-state index in [4.69, 9.17) is 4.52 Å². The van der Waals surface area contributed by atoms with E-state index in [0.717, 1.165) is 5.56 Å². The van der Waals surface area contributed by atoms with Crippen molar-refractivity contribution in [2.75, 3.05) is 0 Å². The lowest BCUT2D eigenvalue weighted by atomic mass is 10.1. The van der Waals surface area contributed by atoms with Crippen molar-refractivity contribution in [2.24, 2.45) is 0 Å². The topological polar surface area (TPSA) is 51.0 Å². The molecule has 3 rings (SSSR count). The number of benzene rings is 1. The standard InChI is InChI=1S/C13H14FN3O/c14-10-3-1-2-9(6-10)7-12-16-13(18-17-12)8-15-11-4-5-11/h1-3,6,11,15H,4-5,7-8H2. The van der Waals surface area contributed by atoms with Crippen molar-refractivity contribution in [2.45, 2.75) is 31.8 Å². The molecule has 5 heteroatoms. The Bertz CT molecular complexity index is 537. The summed E-state index contributed by atoms with van der Waals surface area (Å²) in [6.07, 6.45) is 2.94. The van der Waals surface area contributed by atoms with Crippen molar-refractivity contribution < 1.29 is 8.91 Å². The van der Waals surface area contributed by atoms with Gasteiger partial charge in [-0.05, 0) is 30.5 Å². The summed E-state index contributed by atoms with van der Waals surface area (Å²) in [4.78, 5) is 4.27. The van der Waals surface area contributed by atoms with Crippen molar-refractivity contribution in [3.8, 4) is 0 Å². The summed E-state index contributed by atoms with van der Waals surface area (Å²) in [6.45, 7) is 0.612. The minimum atomic E-state index is -0.244. The molecule has 18 heavy (non-hydrogen) atoms. The van der Waals surface area contributed by atoms with Gasteiger partial charge in [0.25, 0.3) is 0 Å². The van der Waals surface area contributed by atoms with Gasteiger partial charge < -0.3 is 9.84 Å². The highest BCUT2D eigenvalue weighted by Crippen LogP contribution is 2.19. The molecule has 0 radical (unpaired) electrons. The van der Waals surface area contributed by atoms with Crippen molar-refractivity contribution in [3.63, 3.8) is 0 Å². The van der Waals surface area contributed by atoms with Crippen LogP contribution in [0, 0.1) is 5.82 Å². The van der Waals surface area contributed by atoms with Crippen LogP contribution >= 0.6 is 0 Å². The highest BCUT2D eigenvalue weighted by molar-refractivity contribution is 5.19. The van der Waals surface area contributed by atoms with Crippen LogP contribution in [-0.4, -0.2) is 16.2 Å². The third-order valence-electron chi connectivity index (χ3n) is 2.88. The molecule has 0 bridgehead atoms. The molecule has 0 saturated heterocycles. The zero-order chi connectivity index (χ0) is 12.4. The Morgan fingerprint density at radius 3 is 3.06 bits per heavy atom. The van der Waals surface area contributed by atoms with Crippen molar-refractivity contribution in [1.29, 1.82) is 0 Å². The summed E-state index contributed by atoms with van der Waals surface area (Å²) < 4.78 is 18.1. The zero-order valence-corrected chi connectivity index (χ0v) is 9.90. The summed E-state index contributed by atoms with van der Waals surface area (Å²) >= 11 is 0. The molecule has 1 N–H and O–H groups in total. The number of hydrogen-bond donors (Lipinski definition) is 1. The normalized spacial score (nSPS) is 14.9. The minimum Gasteiger partial charge on any atom is -0.338 e. The predicted octanol–water partition coefficient (Wildman–Crippen LogP) is 2.05. The van der Waals surface area contributed by atoms with Crippen molar-refractivity contribution in [1.82, 2.24) is 15.5 Å². The van der Waals surface area contributed by atoms with Crippen molar-refractivity contribution in [3.05, 3.63) is 47.4 Å². The fourth-order valence-corrected chi connectivity index (χ4v) is 1.78. The van der Waals surface area contributed by atoms with Crippen LogP contribution < -0.4 is 5.32 Å². The summed E-state index contributed by atoms with van der Waals surface area (Å²) in [7, 11) is 0. The molecule has 4 nitrogen and oxygen atoms in total. The van der Waals surface area contributed by atoms with Crippen LogP contribution in [0.25, 0.3) is 0 Å². The second-order valence-electron chi connectivity index (χ2n) is 4.57. The molecule has 94 valence electrons. The molecule has 1 aromatic heterocycles. The molecule has 1 aliphatic carbocycles. The van der Waals surface area contributed by atoms with Gasteiger partial charge in [-0.1, -0.05) is 17.3 Å². The Labute approximate surface area is 104 Å². The fourth-order valence-electron chi connectivity index (χ4n) is 1.78. The highest BCUT2D eigenvalue weighted by Gasteiger charge is 2.21. The molecule has 1 aliphatic rings. The van der Waals surface area contributed by atoms with Gasteiger partial charge in [-0.15, -0.1) is 0 Å². The van der Waals surface area contributed by atoms with Crippen LogP contribution in [0.5, 0.6) is 0 Å². The van der Waals surface area contributed by atoms with E-state index in [1.807, 2.05) is 6.07 Å². The van der Waals surface area contributed by atoms with Gasteiger partial charge >= 0.3 is 0 Å². The quantitative estimate of drug-likeness (QED) is 0.878. The Morgan fingerprint density at radius 1 is 1.39 bits per heavy atom. The summed E-state index contributed by atoms with van der Waals surface area (Å²) in [5, 5.41) is 7.19. The van der Waals surface area contributed by atoms with Gasteiger partial charge in [0, 0.05) is 12.5 Å². The number of halogens is 1. The number of nitrogens with one attached hydrogen (secondary N) is 1. The number of aromatic nitrogens is 2.